The van der Waals surface area contributed by atoms with Crippen molar-refractivity contribution in [3.05, 3.63) is 35.1 Å². The van der Waals surface area contributed by atoms with E-state index in [1.807, 2.05) is 0 Å². The number of hydrogen-bond donors (Lipinski definition) is 2. The summed E-state index contributed by atoms with van der Waals surface area (Å²) >= 11 is 0. The minimum Gasteiger partial charge on any atom is -0.368 e. The summed E-state index contributed by atoms with van der Waals surface area (Å²) in [7, 11) is 0. The lowest BCUT2D eigenvalue weighted by atomic mass is 10.0. The lowest BCUT2D eigenvalue weighted by Crippen LogP contribution is -2.28. The molecule has 0 aliphatic heterocycles. The molecule has 4 heteroatoms. The molecule has 0 fully saturated rings. The number of primary amides is 1. The normalized spacial score (nSPS) is 12.5. The van der Waals surface area contributed by atoms with Gasteiger partial charge in [-0.15, -0.1) is 0 Å². The minimum atomic E-state index is -1.07. The Morgan fingerprint density at radius 2 is 2.15 bits per heavy atom. The first-order valence-corrected chi connectivity index (χ1v) is 3.83. The van der Waals surface area contributed by atoms with Crippen LogP contribution in [0.15, 0.2) is 18.2 Å². The van der Waals surface area contributed by atoms with Gasteiger partial charge in [-0.1, -0.05) is 12.1 Å². The van der Waals surface area contributed by atoms with Crippen LogP contribution in [0.3, 0.4) is 0 Å². The Morgan fingerprint density at radius 1 is 1.54 bits per heavy atom. The van der Waals surface area contributed by atoms with E-state index in [-0.39, 0.29) is 5.56 Å². The number of halogens is 1. The number of amides is 1. The smallest absolute Gasteiger partial charge is 0.239 e. The van der Waals surface area contributed by atoms with E-state index in [2.05, 4.69) is 0 Å². The summed E-state index contributed by atoms with van der Waals surface area (Å²) in [6.45, 7) is 1.75. The molecule has 0 aliphatic rings. The number of carbonyl (C=O) groups excluding carboxylic acids is 1. The van der Waals surface area contributed by atoms with E-state index in [1.54, 1.807) is 13.0 Å². The van der Waals surface area contributed by atoms with Crippen LogP contribution >= 0.6 is 0 Å². The molecule has 0 heterocycles. The highest BCUT2D eigenvalue weighted by Crippen LogP contribution is 2.15. The Balaban J connectivity index is 3.08. The van der Waals surface area contributed by atoms with Crippen molar-refractivity contribution in [1.29, 1.82) is 0 Å². The molecule has 0 saturated carbocycles. The highest BCUT2D eigenvalue weighted by Gasteiger charge is 2.15. The van der Waals surface area contributed by atoms with E-state index in [0.29, 0.717) is 0 Å². The molecule has 1 aromatic rings. The molecule has 0 saturated heterocycles. The van der Waals surface area contributed by atoms with Gasteiger partial charge in [-0.25, -0.2) is 4.39 Å². The Morgan fingerprint density at radius 3 is 2.62 bits per heavy atom. The van der Waals surface area contributed by atoms with Gasteiger partial charge in [-0.3, -0.25) is 4.79 Å². The number of benzene rings is 1. The summed E-state index contributed by atoms with van der Waals surface area (Å²) in [5.41, 5.74) is 11.2. The fourth-order valence-electron chi connectivity index (χ4n) is 1.04. The molecule has 0 aromatic heterocycles. The highest BCUT2D eigenvalue weighted by atomic mass is 19.1. The fraction of sp³-hybridized carbons (Fsp3) is 0.222. The van der Waals surface area contributed by atoms with Crippen molar-refractivity contribution in [2.45, 2.75) is 13.0 Å². The molecular formula is C9H11FN2O. The van der Waals surface area contributed by atoms with Gasteiger partial charge in [0.25, 0.3) is 0 Å². The molecule has 0 radical (unpaired) electrons. The number of aryl methyl sites for hydroxylation is 1. The Hall–Kier alpha value is -1.42. The van der Waals surface area contributed by atoms with Crippen molar-refractivity contribution in [2.24, 2.45) is 11.5 Å². The summed E-state index contributed by atoms with van der Waals surface area (Å²) < 4.78 is 13.2. The van der Waals surface area contributed by atoms with E-state index >= 15 is 0 Å². The molecule has 13 heavy (non-hydrogen) atoms. The lowest BCUT2D eigenvalue weighted by Gasteiger charge is -2.08. The lowest BCUT2D eigenvalue weighted by molar-refractivity contribution is -0.119. The van der Waals surface area contributed by atoms with Crippen molar-refractivity contribution in [3.8, 4) is 0 Å². The maximum atomic E-state index is 13.2. The number of nitrogens with two attached hydrogens (primary N) is 2. The molecule has 4 N–H and O–H groups in total. The van der Waals surface area contributed by atoms with Gasteiger partial charge in [0, 0.05) is 5.56 Å². The average Bonchev–Trinajstić information content (AvgIpc) is 2.03. The van der Waals surface area contributed by atoms with Crippen LogP contribution in [0.2, 0.25) is 0 Å². The van der Waals surface area contributed by atoms with Crippen LogP contribution in [0.1, 0.15) is 17.2 Å². The van der Waals surface area contributed by atoms with Gasteiger partial charge >= 0.3 is 0 Å². The third kappa shape index (κ3) is 2.03. The van der Waals surface area contributed by atoms with Crippen LogP contribution in [0.5, 0.6) is 0 Å². The standard InChI is InChI=1S/C9H11FN2O/c1-5-2-3-6(7(10)4-5)8(11)9(12)13/h2-4,8H,11H2,1H3,(H2,12,13). The van der Waals surface area contributed by atoms with Gasteiger partial charge in [0.1, 0.15) is 11.9 Å². The SMILES string of the molecule is Cc1ccc(C(N)C(N)=O)c(F)c1. The van der Waals surface area contributed by atoms with E-state index < -0.39 is 17.8 Å². The molecule has 1 aromatic carbocycles. The molecule has 0 bridgehead atoms. The number of carbonyl (C=O) groups is 1. The maximum Gasteiger partial charge on any atom is 0.239 e. The van der Waals surface area contributed by atoms with Gasteiger partial charge in [0.2, 0.25) is 5.91 Å². The van der Waals surface area contributed by atoms with Crippen molar-refractivity contribution >= 4 is 5.91 Å². The first-order chi connectivity index (χ1) is 6.02. The first-order valence-electron chi connectivity index (χ1n) is 3.83. The van der Waals surface area contributed by atoms with Crippen LogP contribution in [-0.2, 0) is 4.79 Å². The zero-order valence-corrected chi connectivity index (χ0v) is 7.25. The highest BCUT2D eigenvalue weighted by molar-refractivity contribution is 5.81. The zero-order chi connectivity index (χ0) is 10.0. The van der Waals surface area contributed by atoms with E-state index in [4.69, 9.17) is 11.5 Å². The van der Waals surface area contributed by atoms with Crippen LogP contribution < -0.4 is 11.5 Å². The second-order valence-corrected chi connectivity index (χ2v) is 2.91. The molecule has 1 rings (SSSR count). The molecule has 3 nitrogen and oxygen atoms in total. The molecule has 1 amide bonds. The fourth-order valence-corrected chi connectivity index (χ4v) is 1.04. The van der Waals surface area contributed by atoms with Crippen molar-refractivity contribution in [1.82, 2.24) is 0 Å². The number of hydrogen-bond acceptors (Lipinski definition) is 2. The average molecular weight is 182 g/mol. The Kier molecular flexibility index (Phi) is 2.63. The molecule has 1 atom stereocenters. The Labute approximate surface area is 75.5 Å². The minimum absolute atomic E-state index is 0.137. The summed E-state index contributed by atoms with van der Waals surface area (Å²) in [6.07, 6.45) is 0. The topological polar surface area (TPSA) is 69.1 Å². The molecule has 0 spiro atoms. The summed E-state index contributed by atoms with van der Waals surface area (Å²) in [6, 6.07) is 3.40. The van der Waals surface area contributed by atoms with Crippen LogP contribution in [0.4, 0.5) is 4.39 Å². The summed E-state index contributed by atoms with van der Waals surface area (Å²) in [5.74, 6) is -1.23. The third-order valence-corrected chi connectivity index (χ3v) is 1.80. The molecular weight excluding hydrogens is 171 g/mol. The first kappa shape index (κ1) is 9.67. The predicted molar refractivity (Wildman–Crippen MR) is 47.3 cm³/mol. The van der Waals surface area contributed by atoms with Crippen LogP contribution in [0.25, 0.3) is 0 Å². The molecule has 70 valence electrons. The van der Waals surface area contributed by atoms with E-state index in [0.717, 1.165) is 5.56 Å². The zero-order valence-electron chi connectivity index (χ0n) is 7.25. The van der Waals surface area contributed by atoms with Gasteiger partial charge < -0.3 is 11.5 Å². The van der Waals surface area contributed by atoms with E-state index in [9.17, 15) is 9.18 Å². The van der Waals surface area contributed by atoms with Crippen LogP contribution in [-0.4, -0.2) is 5.91 Å². The summed E-state index contributed by atoms with van der Waals surface area (Å²) in [4.78, 5) is 10.7. The third-order valence-electron chi connectivity index (χ3n) is 1.80. The van der Waals surface area contributed by atoms with Crippen molar-refractivity contribution in [3.63, 3.8) is 0 Å². The Bertz CT molecular complexity index is 338. The second kappa shape index (κ2) is 3.53. The van der Waals surface area contributed by atoms with Crippen LogP contribution in [0, 0.1) is 12.7 Å². The quantitative estimate of drug-likeness (QED) is 0.703. The van der Waals surface area contributed by atoms with Gasteiger partial charge in [0.05, 0.1) is 0 Å². The predicted octanol–water partition coefficient (Wildman–Crippen LogP) is 0.619. The monoisotopic (exact) mass is 182 g/mol. The largest absolute Gasteiger partial charge is 0.368 e. The number of rotatable bonds is 2. The van der Waals surface area contributed by atoms with E-state index in [1.165, 1.54) is 12.1 Å². The molecule has 1 unspecified atom stereocenters. The van der Waals surface area contributed by atoms with Crippen molar-refractivity contribution < 1.29 is 9.18 Å². The second-order valence-electron chi connectivity index (χ2n) is 2.91. The maximum absolute atomic E-state index is 13.2. The van der Waals surface area contributed by atoms with Gasteiger partial charge in [-0.05, 0) is 18.6 Å². The summed E-state index contributed by atoms with van der Waals surface area (Å²) in [5, 5.41) is 0. The van der Waals surface area contributed by atoms with Crippen molar-refractivity contribution in [2.75, 3.05) is 0 Å². The van der Waals surface area contributed by atoms with Gasteiger partial charge in [0.15, 0.2) is 0 Å². The van der Waals surface area contributed by atoms with Gasteiger partial charge in [-0.2, -0.15) is 0 Å². The molecule has 0 aliphatic carbocycles.